The molecule has 0 saturated carbocycles. The summed E-state index contributed by atoms with van der Waals surface area (Å²) in [5.41, 5.74) is 1.16. The number of guanidine groups is 1. The fraction of sp³-hybridized carbons (Fsp3) is 0.545. The van der Waals surface area contributed by atoms with E-state index in [1.807, 2.05) is 19.3 Å². The minimum atomic E-state index is 0. The lowest BCUT2D eigenvalue weighted by Gasteiger charge is -2.34. The zero-order chi connectivity index (χ0) is 21.3. The molecule has 2 fully saturated rings. The lowest BCUT2D eigenvalue weighted by molar-refractivity contribution is 0.0177. The van der Waals surface area contributed by atoms with Crippen molar-refractivity contribution >= 4 is 47.1 Å². The number of thiophene rings is 1. The third-order valence-corrected chi connectivity index (χ3v) is 6.64. The van der Waals surface area contributed by atoms with Crippen LogP contribution >= 0.6 is 35.3 Å². The van der Waals surface area contributed by atoms with Crippen LogP contribution in [0.5, 0.6) is 0 Å². The van der Waals surface area contributed by atoms with Crippen LogP contribution < -0.4 is 15.5 Å². The summed E-state index contributed by atoms with van der Waals surface area (Å²) < 4.78 is 11.0. The molecule has 0 bridgehead atoms. The first-order chi connectivity index (χ1) is 15.3. The molecule has 176 valence electrons. The Hall–Kier alpha value is -1.47. The maximum atomic E-state index is 5.55. The molecule has 1 atom stereocenters. The number of halogens is 1. The van der Waals surface area contributed by atoms with E-state index in [9.17, 15) is 0 Å². The zero-order valence-corrected chi connectivity index (χ0v) is 21.7. The molecular formula is C22H33IN6O2S. The van der Waals surface area contributed by atoms with Gasteiger partial charge in [0.05, 0.1) is 32.5 Å². The van der Waals surface area contributed by atoms with Crippen molar-refractivity contribution in [1.29, 1.82) is 0 Å². The second-order valence-corrected chi connectivity index (χ2v) is 8.55. The first-order valence-electron chi connectivity index (χ1n) is 10.9. The average Bonchev–Trinajstić information content (AvgIpc) is 3.37. The molecule has 2 aromatic heterocycles. The van der Waals surface area contributed by atoms with Gasteiger partial charge in [0, 0.05) is 63.0 Å². The Morgan fingerprint density at radius 2 is 1.84 bits per heavy atom. The molecule has 4 rings (SSSR count). The van der Waals surface area contributed by atoms with E-state index in [4.69, 9.17) is 9.47 Å². The second-order valence-electron chi connectivity index (χ2n) is 7.57. The molecule has 2 N–H and O–H groups in total. The Balaban J connectivity index is 0.00000289. The van der Waals surface area contributed by atoms with Crippen molar-refractivity contribution < 1.29 is 9.47 Å². The number of morpholine rings is 2. The lowest BCUT2D eigenvalue weighted by atomic mass is 10.2. The van der Waals surface area contributed by atoms with Crippen molar-refractivity contribution in [3.05, 3.63) is 46.3 Å². The molecule has 0 amide bonds. The number of aromatic nitrogens is 1. The van der Waals surface area contributed by atoms with Gasteiger partial charge in [-0.3, -0.25) is 9.89 Å². The zero-order valence-electron chi connectivity index (χ0n) is 18.5. The molecule has 2 aromatic rings. The van der Waals surface area contributed by atoms with Crippen LogP contribution in [0.4, 0.5) is 5.82 Å². The maximum Gasteiger partial charge on any atom is 0.191 e. The Bertz CT molecular complexity index is 826. The number of ether oxygens (including phenoxy) is 2. The van der Waals surface area contributed by atoms with Gasteiger partial charge in [-0.05, 0) is 17.5 Å². The van der Waals surface area contributed by atoms with Gasteiger partial charge in [-0.1, -0.05) is 12.1 Å². The van der Waals surface area contributed by atoms with Gasteiger partial charge in [0.1, 0.15) is 5.82 Å². The normalized spacial score (nSPS) is 18.7. The number of hydrogen-bond acceptors (Lipinski definition) is 7. The number of anilines is 1. The third kappa shape index (κ3) is 6.77. The minimum absolute atomic E-state index is 0. The minimum Gasteiger partial charge on any atom is -0.379 e. The highest BCUT2D eigenvalue weighted by Crippen LogP contribution is 2.25. The van der Waals surface area contributed by atoms with E-state index >= 15 is 0 Å². The van der Waals surface area contributed by atoms with Crippen LogP contribution in [0.15, 0.2) is 40.8 Å². The van der Waals surface area contributed by atoms with E-state index in [0.717, 1.165) is 76.5 Å². The van der Waals surface area contributed by atoms with Crippen molar-refractivity contribution in [2.45, 2.75) is 12.6 Å². The molecule has 8 nitrogen and oxygen atoms in total. The van der Waals surface area contributed by atoms with Gasteiger partial charge in [0.15, 0.2) is 5.96 Å². The van der Waals surface area contributed by atoms with E-state index in [1.54, 1.807) is 11.3 Å². The molecule has 0 spiro atoms. The molecule has 10 heteroatoms. The highest BCUT2D eigenvalue weighted by molar-refractivity contribution is 14.0. The van der Waals surface area contributed by atoms with Gasteiger partial charge in [-0.25, -0.2) is 4.98 Å². The summed E-state index contributed by atoms with van der Waals surface area (Å²) in [6, 6.07) is 8.76. The summed E-state index contributed by atoms with van der Waals surface area (Å²) in [6.07, 6.45) is 1.86. The van der Waals surface area contributed by atoms with Gasteiger partial charge >= 0.3 is 0 Å². The molecule has 2 aliphatic rings. The fourth-order valence-electron chi connectivity index (χ4n) is 4.00. The lowest BCUT2D eigenvalue weighted by Crippen LogP contribution is -2.46. The predicted octanol–water partition coefficient (Wildman–Crippen LogP) is 2.34. The van der Waals surface area contributed by atoms with Gasteiger partial charge < -0.3 is 25.0 Å². The Morgan fingerprint density at radius 3 is 2.53 bits per heavy atom. The second kappa shape index (κ2) is 13.3. The topological polar surface area (TPSA) is 74.2 Å². The van der Waals surface area contributed by atoms with Gasteiger partial charge in [0.2, 0.25) is 0 Å². The molecule has 32 heavy (non-hydrogen) atoms. The van der Waals surface area contributed by atoms with Crippen LogP contribution in [-0.2, 0) is 16.0 Å². The quantitative estimate of drug-likeness (QED) is 0.300. The standard InChI is InChI=1S/C22H32N6O2S.HI/c1-23-22(25-16-18-4-2-6-24-21(18)28-9-13-30-14-10-28)26-17-19(20-5-3-15-31-20)27-7-11-29-12-8-27;/h2-6,15,19H,7-14,16-17H2,1H3,(H2,23,25,26);1H. The van der Waals surface area contributed by atoms with Crippen LogP contribution in [0.2, 0.25) is 0 Å². The summed E-state index contributed by atoms with van der Waals surface area (Å²) >= 11 is 1.81. The molecular weight excluding hydrogens is 539 g/mol. The number of nitrogens with one attached hydrogen (secondary N) is 2. The largest absolute Gasteiger partial charge is 0.379 e. The van der Waals surface area contributed by atoms with E-state index < -0.39 is 0 Å². The van der Waals surface area contributed by atoms with E-state index in [1.165, 1.54) is 4.88 Å². The van der Waals surface area contributed by atoms with Crippen LogP contribution in [0.25, 0.3) is 0 Å². The van der Waals surface area contributed by atoms with Gasteiger partial charge in [-0.15, -0.1) is 35.3 Å². The molecule has 4 heterocycles. The van der Waals surface area contributed by atoms with Crippen LogP contribution in [0.1, 0.15) is 16.5 Å². The SMILES string of the molecule is CN=C(NCc1cccnc1N1CCOCC1)NCC(c1cccs1)N1CCOCC1.I. The van der Waals surface area contributed by atoms with Gasteiger partial charge in [-0.2, -0.15) is 0 Å². The van der Waals surface area contributed by atoms with Crippen molar-refractivity contribution in [2.75, 3.05) is 71.1 Å². The molecule has 2 aliphatic heterocycles. The molecule has 0 aliphatic carbocycles. The van der Waals surface area contributed by atoms with Crippen molar-refractivity contribution in [2.24, 2.45) is 4.99 Å². The van der Waals surface area contributed by atoms with Crippen molar-refractivity contribution in [3.63, 3.8) is 0 Å². The van der Waals surface area contributed by atoms with Crippen LogP contribution in [0.3, 0.4) is 0 Å². The Morgan fingerprint density at radius 1 is 1.09 bits per heavy atom. The first-order valence-corrected chi connectivity index (χ1v) is 11.8. The first kappa shape index (κ1) is 25.2. The molecule has 1 unspecified atom stereocenters. The number of rotatable bonds is 7. The number of pyridine rings is 1. The van der Waals surface area contributed by atoms with Crippen molar-refractivity contribution in [1.82, 2.24) is 20.5 Å². The van der Waals surface area contributed by atoms with Crippen LogP contribution in [0, 0.1) is 0 Å². The molecule has 2 saturated heterocycles. The van der Waals surface area contributed by atoms with Crippen molar-refractivity contribution in [3.8, 4) is 0 Å². The highest BCUT2D eigenvalue weighted by Gasteiger charge is 2.24. The fourth-order valence-corrected chi connectivity index (χ4v) is 4.86. The molecule has 0 radical (unpaired) electrons. The number of hydrogen-bond donors (Lipinski definition) is 2. The third-order valence-electron chi connectivity index (χ3n) is 5.67. The summed E-state index contributed by atoms with van der Waals surface area (Å²) in [7, 11) is 1.82. The van der Waals surface area contributed by atoms with Crippen LogP contribution in [-0.4, -0.2) is 82.0 Å². The smallest absolute Gasteiger partial charge is 0.191 e. The number of nitrogens with zero attached hydrogens (tertiary/aromatic N) is 4. The maximum absolute atomic E-state index is 5.55. The highest BCUT2D eigenvalue weighted by atomic mass is 127. The summed E-state index contributed by atoms with van der Waals surface area (Å²) in [6.45, 7) is 8.20. The number of aliphatic imine (C=N–C) groups is 1. The van der Waals surface area contributed by atoms with Gasteiger partial charge in [0.25, 0.3) is 0 Å². The van der Waals surface area contributed by atoms with E-state index in [-0.39, 0.29) is 24.0 Å². The predicted molar refractivity (Wildman–Crippen MR) is 140 cm³/mol. The Labute approximate surface area is 211 Å². The monoisotopic (exact) mass is 572 g/mol. The molecule has 0 aromatic carbocycles. The summed E-state index contributed by atoms with van der Waals surface area (Å²) in [4.78, 5) is 15.2. The summed E-state index contributed by atoms with van der Waals surface area (Å²) in [5, 5.41) is 9.15. The summed E-state index contributed by atoms with van der Waals surface area (Å²) in [5.74, 6) is 1.82. The van der Waals surface area contributed by atoms with E-state index in [2.05, 4.69) is 54.0 Å². The Kier molecular flexibility index (Phi) is 10.4. The average molecular weight is 573 g/mol. The van der Waals surface area contributed by atoms with E-state index in [0.29, 0.717) is 12.6 Å².